The Balaban J connectivity index is 2.71. The highest BCUT2D eigenvalue weighted by molar-refractivity contribution is 6.31. The van der Waals surface area contributed by atoms with Crippen LogP contribution in [0.4, 0.5) is 13.2 Å². The summed E-state index contributed by atoms with van der Waals surface area (Å²) in [5.74, 6) is -0.997. The summed E-state index contributed by atoms with van der Waals surface area (Å²) in [4.78, 5) is 5.68. The molecule has 0 fully saturated rings. The number of nitrogens with one attached hydrogen (secondary N) is 1. The summed E-state index contributed by atoms with van der Waals surface area (Å²) in [5, 5.41) is 0.386. The number of fused-ring (bicyclic) bond motifs is 1. The number of aryl methyl sites for hydroxylation is 1. The molecule has 0 unspecified atom stereocenters. The van der Waals surface area contributed by atoms with E-state index >= 15 is 0 Å². The molecule has 0 spiro atoms. The number of aromatic nitrogens is 2. The van der Waals surface area contributed by atoms with Gasteiger partial charge in [-0.05, 0) is 24.6 Å². The number of halogens is 4. The Morgan fingerprint density at radius 1 is 1.33 bits per heavy atom. The van der Waals surface area contributed by atoms with Gasteiger partial charge in [-0.1, -0.05) is 11.6 Å². The molecule has 0 saturated heterocycles. The molecule has 0 radical (unpaired) electrons. The summed E-state index contributed by atoms with van der Waals surface area (Å²) in [7, 11) is 0. The minimum Gasteiger partial charge on any atom is -0.334 e. The van der Waals surface area contributed by atoms with E-state index in [4.69, 9.17) is 11.6 Å². The van der Waals surface area contributed by atoms with Gasteiger partial charge in [-0.3, -0.25) is 0 Å². The minimum absolute atomic E-state index is 0.298. The van der Waals surface area contributed by atoms with Crippen LogP contribution in [0.5, 0.6) is 0 Å². The van der Waals surface area contributed by atoms with Crippen molar-refractivity contribution in [3.8, 4) is 0 Å². The van der Waals surface area contributed by atoms with Gasteiger partial charge < -0.3 is 4.98 Å². The van der Waals surface area contributed by atoms with Crippen molar-refractivity contribution >= 4 is 22.6 Å². The van der Waals surface area contributed by atoms with Crippen molar-refractivity contribution in [3.63, 3.8) is 0 Å². The highest BCUT2D eigenvalue weighted by Gasteiger charge is 2.34. The number of benzene rings is 1. The van der Waals surface area contributed by atoms with E-state index in [2.05, 4.69) is 9.97 Å². The van der Waals surface area contributed by atoms with E-state index in [0.29, 0.717) is 21.6 Å². The number of aromatic amines is 1. The van der Waals surface area contributed by atoms with Crippen molar-refractivity contribution in [3.05, 3.63) is 28.5 Å². The number of rotatable bonds is 0. The summed E-state index contributed by atoms with van der Waals surface area (Å²) in [6.07, 6.45) is -4.46. The fraction of sp³-hybridized carbons (Fsp3) is 0.222. The molecule has 0 bridgehead atoms. The Morgan fingerprint density at radius 2 is 2.00 bits per heavy atom. The van der Waals surface area contributed by atoms with Crippen LogP contribution >= 0.6 is 11.6 Å². The first-order valence-corrected chi connectivity index (χ1v) is 4.49. The standard InChI is InChI=1S/C9H6ClF3N2/c1-4-2-5(10)3-6-7(4)15-8(14-6)9(11,12)13/h2-3H,1H3,(H,14,15). The van der Waals surface area contributed by atoms with Crippen molar-refractivity contribution in [1.82, 2.24) is 9.97 Å². The van der Waals surface area contributed by atoms with Gasteiger partial charge in [0.25, 0.3) is 0 Å². The maximum Gasteiger partial charge on any atom is 0.449 e. The van der Waals surface area contributed by atoms with Gasteiger partial charge in [-0.2, -0.15) is 13.2 Å². The number of imidazole rings is 1. The van der Waals surface area contributed by atoms with Crippen molar-refractivity contribution < 1.29 is 13.2 Å². The van der Waals surface area contributed by atoms with Crippen LogP contribution in [0.1, 0.15) is 11.4 Å². The maximum atomic E-state index is 12.3. The molecule has 2 rings (SSSR count). The Kier molecular flexibility index (Phi) is 2.15. The third-order valence-corrected chi connectivity index (χ3v) is 2.23. The van der Waals surface area contributed by atoms with Crippen LogP contribution in [-0.4, -0.2) is 9.97 Å². The van der Waals surface area contributed by atoms with Crippen LogP contribution < -0.4 is 0 Å². The molecule has 0 saturated carbocycles. The highest BCUT2D eigenvalue weighted by Crippen LogP contribution is 2.30. The normalized spacial score (nSPS) is 12.3. The fourth-order valence-corrected chi connectivity index (χ4v) is 1.65. The molecule has 0 aliphatic carbocycles. The van der Waals surface area contributed by atoms with Crippen LogP contribution in [0.2, 0.25) is 5.02 Å². The number of hydrogen-bond acceptors (Lipinski definition) is 1. The molecule has 1 N–H and O–H groups in total. The second kappa shape index (κ2) is 3.13. The minimum atomic E-state index is -4.46. The lowest BCUT2D eigenvalue weighted by Crippen LogP contribution is -2.06. The van der Waals surface area contributed by atoms with E-state index < -0.39 is 12.0 Å². The molecule has 2 nitrogen and oxygen atoms in total. The van der Waals surface area contributed by atoms with E-state index in [-0.39, 0.29) is 0 Å². The molecule has 0 atom stereocenters. The summed E-state index contributed by atoms with van der Waals surface area (Å²) >= 11 is 5.72. The molecule has 15 heavy (non-hydrogen) atoms. The van der Waals surface area contributed by atoms with Gasteiger partial charge in [0, 0.05) is 5.02 Å². The molecule has 0 amide bonds. The Bertz CT molecular complexity index is 516. The summed E-state index contributed by atoms with van der Waals surface area (Å²) in [6.45, 7) is 1.66. The predicted molar refractivity (Wildman–Crippen MR) is 50.8 cm³/mol. The lowest BCUT2D eigenvalue weighted by Gasteiger charge is -1.98. The van der Waals surface area contributed by atoms with E-state index in [1.54, 1.807) is 13.0 Å². The monoisotopic (exact) mass is 234 g/mol. The van der Waals surface area contributed by atoms with E-state index in [0.717, 1.165) is 0 Å². The van der Waals surface area contributed by atoms with Gasteiger partial charge in [0.15, 0.2) is 0 Å². The number of hydrogen-bond donors (Lipinski definition) is 1. The quantitative estimate of drug-likeness (QED) is 0.742. The van der Waals surface area contributed by atoms with Crippen LogP contribution in [0, 0.1) is 6.92 Å². The lowest BCUT2D eigenvalue weighted by molar-refractivity contribution is -0.144. The Labute approximate surface area is 88.1 Å². The summed E-state index contributed by atoms with van der Waals surface area (Å²) in [6, 6.07) is 3.00. The van der Waals surface area contributed by atoms with Gasteiger partial charge in [-0.15, -0.1) is 0 Å². The summed E-state index contributed by atoms with van der Waals surface area (Å²) < 4.78 is 37.0. The first-order valence-electron chi connectivity index (χ1n) is 4.11. The lowest BCUT2D eigenvalue weighted by atomic mass is 10.2. The predicted octanol–water partition coefficient (Wildman–Crippen LogP) is 3.54. The van der Waals surface area contributed by atoms with Crippen molar-refractivity contribution in [2.75, 3.05) is 0 Å². The van der Waals surface area contributed by atoms with Crippen molar-refractivity contribution in [2.24, 2.45) is 0 Å². The van der Waals surface area contributed by atoms with E-state index in [1.807, 2.05) is 0 Å². The second-order valence-electron chi connectivity index (χ2n) is 3.20. The molecular formula is C9H6ClF3N2. The zero-order chi connectivity index (χ0) is 11.2. The molecule has 1 aromatic heterocycles. The Hall–Kier alpha value is -1.23. The Morgan fingerprint density at radius 3 is 2.60 bits per heavy atom. The first-order chi connectivity index (χ1) is 6.88. The molecule has 1 heterocycles. The SMILES string of the molecule is Cc1cc(Cl)cc2[nH]c(C(F)(F)F)nc12. The summed E-state index contributed by atoms with van der Waals surface area (Å²) in [5.41, 5.74) is 1.21. The highest BCUT2D eigenvalue weighted by atomic mass is 35.5. The van der Waals surface area contributed by atoms with E-state index in [9.17, 15) is 13.2 Å². The average Bonchev–Trinajstić information content (AvgIpc) is 2.46. The molecule has 80 valence electrons. The molecule has 6 heteroatoms. The third kappa shape index (κ3) is 1.79. The smallest absolute Gasteiger partial charge is 0.334 e. The molecule has 2 aromatic rings. The average molecular weight is 235 g/mol. The molecule has 0 aliphatic heterocycles. The largest absolute Gasteiger partial charge is 0.449 e. The van der Waals surface area contributed by atoms with Gasteiger partial charge in [0.05, 0.1) is 11.0 Å². The van der Waals surface area contributed by atoms with Gasteiger partial charge in [0.2, 0.25) is 5.82 Å². The number of nitrogens with zero attached hydrogens (tertiary/aromatic N) is 1. The maximum absolute atomic E-state index is 12.3. The van der Waals surface area contributed by atoms with Crippen molar-refractivity contribution in [1.29, 1.82) is 0 Å². The van der Waals surface area contributed by atoms with Crippen LogP contribution in [0.15, 0.2) is 12.1 Å². The number of alkyl halides is 3. The first kappa shape index (κ1) is 10.3. The van der Waals surface area contributed by atoms with Gasteiger partial charge >= 0.3 is 6.18 Å². The third-order valence-electron chi connectivity index (χ3n) is 2.01. The van der Waals surface area contributed by atoms with Crippen LogP contribution in [-0.2, 0) is 6.18 Å². The molecule has 0 aliphatic rings. The topological polar surface area (TPSA) is 28.7 Å². The molecule has 1 aromatic carbocycles. The fourth-order valence-electron chi connectivity index (χ4n) is 1.38. The van der Waals surface area contributed by atoms with Crippen LogP contribution in [0.25, 0.3) is 11.0 Å². The molecular weight excluding hydrogens is 229 g/mol. The number of H-pyrrole nitrogens is 1. The van der Waals surface area contributed by atoms with Gasteiger partial charge in [-0.25, -0.2) is 4.98 Å². The zero-order valence-electron chi connectivity index (χ0n) is 7.61. The van der Waals surface area contributed by atoms with Gasteiger partial charge in [0.1, 0.15) is 0 Å². The van der Waals surface area contributed by atoms with E-state index in [1.165, 1.54) is 6.07 Å². The second-order valence-corrected chi connectivity index (χ2v) is 3.64. The van der Waals surface area contributed by atoms with Crippen LogP contribution in [0.3, 0.4) is 0 Å². The van der Waals surface area contributed by atoms with Crippen molar-refractivity contribution in [2.45, 2.75) is 13.1 Å². The zero-order valence-corrected chi connectivity index (χ0v) is 8.37.